The van der Waals surface area contributed by atoms with E-state index in [9.17, 15) is 9.18 Å². The van der Waals surface area contributed by atoms with Crippen molar-refractivity contribution in [2.45, 2.75) is 37.6 Å². The summed E-state index contributed by atoms with van der Waals surface area (Å²) in [5.74, 6) is 0.271. The fourth-order valence-electron chi connectivity index (χ4n) is 2.91. The first-order valence-corrected chi connectivity index (χ1v) is 9.56. The summed E-state index contributed by atoms with van der Waals surface area (Å²) in [7, 11) is 0. The number of carbonyl (C=O) groups is 1. The third-order valence-electron chi connectivity index (χ3n) is 4.40. The van der Waals surface area contributed by atoms with Crippen molar-refractivity contribution in [3.8, 4) is 0 Å². The van der Waals surface area contributed by atoms with Crippen LogP contribution in [0.5, 0.6) is 0 Å². The molecule has 0 fully saturated rings. The molecule has 2 aromatic carbocycles. The number of hydrogen-bond acceptors (Lipinski definition) is 3. The van der Waals surface area contributed by atoms with Gasteiger partial charge < -0.3 is 10.6 Å². The van der Waals surface area contributed by atoms with Crippen molar-refractivity contribution in [3.05, 3.63) is 58.9 Å². The van der Waals surface area contributed by atoms with E-state index in [-0.39, 0.29) is 35.6 Å². The van der Waals surface area contributed by atoms with E-state index >= 15 is 0 Å². The zero-order valence-electron chi connectivity index (χ0n) is 15.0. The van der Waals surface area contributed by atoms with Gasteiger partial charge in [0.2, 0.25) is 5.91 Å². The molecule has 0 spiro atoms. The van der Waals surface area contributed by atoms with E-state index in [1.54, 1.807) is 6.07 Å². The van der Waals surface area contributed by atoms with Crippen LogP contribution in [0, 0.1) is 5.82 Å². The van der Waals surface area contributed by atoms with E-state index < -0.39 is 0 Å². The van der Waals surface area contributed by atoms with Gasteiger partial charge in [0.05, 0.1) is 11.4 Å². The van der Waals surface area contributed by atoms with Crippen molar-refractivity contribution in [2.75, 3.05) is 17.6 Å². The first-order chi connectivity index (χ1) is 12.0. The average molecular weight is 395 g/mol. The Morgan fingerprint density at radius 1 is 1.23 bits per heavy atom. The number of hydrogen-bond donors (Lipinski definition) is 2. The van der Waals surface area contributed by atoms with Gasteiger partial charge in [-0.25, -0.2) is 4.39 Å². The number of carbonyl (C=O) groups excluding carboxylic acids is 1. The summed E-state index contributed by atoms with van der Waals surface area (Å²) in [4.78, 5) is 13.2. The zero-order valence-corrected chi connectivity index (χ0v) is 16.6. The minimum atomic E-state index is -0.293. The van der Waals surface area contributed by atoms with E-state index in [1.165, 1.54) is 17.3 Å². The van der Waals surface area contributed by atoms with Gasteiger partial charge in [0.25, 0.3) is 0 Å². The number of benzene rings is 2. The number of nitrogens with one attached hydrogen (secondary N) is 2. The molecule has 2 aromatic rings. The lowest BCUT2D eigenvalue weighted by Gasteiger charge is -2.19. The van der Waals surface area contributed by atoms with Crippen LogP contribution in [0.2, 0.25) is 0 Å². The van der Waals surface area contributed by atoms with E-state index in [0.29, 0.717) is 24.4 Å². The Morgan fingerprint density at radius 2 is 1.96 bits per heavy atom. The second-order valence-electron chi connectivity index (χ2n) is 6.55. The van der Waals surface area contributed by atoms with Crippen LogP contribution in [0.25, 0.3) is 0 Å². The molecule has 0 atom stereocenters. The highest BCUT2D eigenvalue weighted by molar-refractivity contribution is 8.00. The first-order valence-electron chi connectivity index (χ1n) is 8.58. The molecule has 3 nitrogen and oxygen atoms in total. The summed E-state index contributed by atoms with van der Waals surface area (Å²) in [5, 5.41) is 5.93. The Bertz CT molecular complexity index is 765. The fraction of sp³-hybridized carbons (Fsp3) is 0.350. The molecule has 6 heteroatoms. The predicted octanol–water partition coefficient (Wildman–Crippen LogP) is 4.75. The van der Waals surface area contributed by atoms with E-state index in [4.69, 9.17) is 0 Å². The summed E-state index contributed by atoms with van der Waals surface area (Å²) in [5.41, 5.74) is 3.25. The summed E-state index contributed by atoms with van der Waals surface area (Å²) in [6.45, 7) is 5.75. The summed E-state index contributed by atoms with van der Waals surface area (Å²) in [6.07, 6.45) is 0.655. The standard InChI is InChI=1S/C20H23FN2OS.ClH/c1-13(2)14-3-6-16(7-4-14)25-12-19(24)23-18-8-5-15-11-22-10-9-17(15)20(18)21;/h3-8,13,22H,9-12H2,1-2H3,(H,23,24);1H. The molecule has 0 bridgehead atoms. The van der Waals surface area contributed by atoms with Gasteiger partial charge in [0.15, 0.2) is 0 Å². The molecule has 3 rings (SSSR count). The summed E-state index contributed by atoms with van der Waals surface area (Å²) < 4.78 is 14.5. The molecular weight excluding hydrogens is 371 g/mol. The van der Waals surface area contributed by atoms with Gasteiger partial charge >= 0.3 is 0 Å². The fourth-order valence-corrected chi connectivity index (χ4v) is 3.61. The maximum absolute atomic E-state index is 14.5. The molecule has 26 heavy (non-hydrogen) atoms. The summed E-state index contributed by atoms with van der Waals surface area (Å²) in [6, 6.07) is 11.8. The van der Waals surface area contributed by atoms with Crippen LogP contribution in [-0.2, 0) is 17.8 Å². The first kappa shape index (κ1) is 20.7. The Hall–Kier alpha value is -1.56. The van der Waals surface area contributed by atoms with Crippen molar-refractivity contribution in [1.82, 2.24) is 5.32 Å². The van der Waals surface area contributed by atoms with E-state index in [2.05, 4.69) is 36.6 Å². The molecular formula is C20H24ClFN2OS. The molecule has 140 valence electrons. The Morgan fingerprint density at radius 3 is 2.65 bits per heavy atom. The van der Waals surface area contributed by atoms with Crippen molar-refractivity contribution in [3.63, 3.8) is 0 Å². The van der Waals surface area contributed by atoms with Gasteiger partial charge in [0, 0.05) is 11.4 Å². The largest absolute Gasteiger partial charge is 0.323 e. The molecule has 2 N–H and O–H groups in total. The predicted molar refractivity (Wildman–Crippen MR) is 109 cm³/mol. The van der Waals surface area contributed by atoms with E-state index in [1.807, 2.05) is 18.2 Å². The molecule has 0 unspecified atom stereocenters. The molecule has 0 aliphatic carbocycles. The zero-order chi connectivity index (χ0) is 17.8. The molecule has 1 heterocycles. The molecule has 0 radical (unpaired) electrons. The third-order valence-corrected chi connectivity index (χ3v) is 5.41. The van der Waals surface area contributed by atoms with Crippen molar-refractivity contribution < 1.29 is 9.18 Å². The van der Waals surface area contributed by atoms with Gasteiger partial charge in [-0.05, 0) is 53.8 Å². The molecule has 1 aliphatic rings. The minimum absolute atomic E-state index is 0. The van der Waals surface area contributed by atoms with Crippen molar-refractivity contribution in [1.29, 1.82) is 0 Å². The van der Waals surface area contributed by atoms with Crippen LogP contribution in [0.15, 0.2) is 41.3 Å². The van der Waals surface area contributed by atoms with Gasteiger partial charge in [0.1, 0.15) is 5.82 Å². The average Bonchev–Trinajstić information content (AvgIpc) is 2.63. The highest BCUT2D eigenvalue weighted by atomic mass is 35.5. The Kier molecular flexibility index (Phi) is 7.50. The number of rotatable bonds is 5. The lowest BCUT2D eigenvalue weighted by molar-refractivity contribution is -0.113. The maximum Gasteiger partial charge on any atom is 0.234 e. The lowest BCUT2D eigenvalue weighted by atomic mass is 9.99. The molecule has 1 amide bonds. The van der Waals surface area contributed by atoms with Crippen LogP contribution in [0.1, 0.15) is 36.5 Å². The van der Waals surface area contributed by atoms with Gasteiger partial charge in [-0.2, -0.15) is 0 Å². The SMILES string of the molecule is CC(C)c1ccc(SCC(=O)Nc2ccc3c(c2F)CCNC3)cc1.Cl. The topological polar surface area (TPSA) is 41.1 Å². The highest BCUT2D eigenvalue weighted by Crippen LogP contribution is 2.25. The number of halogens is 2. The second-order valence-corrected chi connectivity index (χ2v) is 7.60. The van der Waals surface area contributed by atoms with E-state index in [0.717, 1.165) is 17.0 Å². The normalized spacial score (nSPS) is 13.1. The van der Waals surface area contributed by atoms with Gasteiger partial charge in [-0.1, -0.05) is 32.0 Å². The number of fused-ring (bicyclic) bond motifs is 1. The number of amides is 1. The molecule has 0 aromatic heterocycles. The second kappa shape index (κ2) is 9.40. The lowest BCUT2D eigenvalue weighted by Crippen LogP contribution is -2.25. The van der Waals surface area contributed by atoms with Gasteiger partial charge in [-0.3, -0.25) is 4.79 Å². The Labute approximate surface area is 164 Å². The van der Waals surface area contributed by atoms with Crippen LogP contribution >= 0.6 is 24.2 Å². The van der Waals surface area contributed by atoms with Crippen LogP contribution in [0.4, 0.5) is 10.1 Å². The maximum atomic E-state index is 14.5. The van der Waals surface area contributed by atoms with Crippen molar-refractivity contribution >= 4 is 35.8 Å². The highest BCUT2D eigenvalue weighted by Gasteiger charge is 2.17. The summed E-state index contributed by atoms with van der Waals surface area (Å²) >= 11 is 1.46. The third kappa shape index (κ3) is 5.00. The Balaban J connectivity index is 0.00000243. The smallest absolute Gasteiger partial charge is 0.234 e. The monoisotopic (exact) mass is 394 g/mol. The van der Waals surface area contributed by atoms with Crippen LogP contribution in [0.3, 0.4) is 0 Å². The van der Waals surface area contributed by atoms with Crippen LogP contribution < -0.4 is 10.6 Å². The molecule has 1 aliphatic heterocycles. The number of anilines is 1. The van der Waals surface area contributed by atoms with Crippen LogP contribution in [-0.4, -0.2) is 18.2 Å². The van der Waals surface area contributed by atoms with Crippen molar-refractivity contribution in [2.24, 2.45) is 0 Å². The molecule has 0 saturated heterocycles. The molecule has 0 saturated carbocycles. The van der Waals surface area contributed by atoms with Gasteiger partial charge in [-0.15, -0.1) is 24.2 Å². The quantitative estimate of drug-likeness (QED) is 0.719. The number of thioether (sulfide) groups is 1. The minimum Gasteiger partial charge on any atom is -0.323 e.